The van der Waals surface area contributed by atoms with Gasteiger partial charge in [0.15, 0.2) is 9.84 Å². The van der Waals surface area contributed by atoms with Gasteiger partial charge in [0.05, 0.1) is 32.1 Å². The van der Waals surface area contributed by atoms with E-state index >= 15 is 0 Å². The minimum absolute atomic E-state index is 0.113. The molecule has 0 unspecified atom stereocenters. The molecule has 0 bridgehead atoms. The van der Waals surface area contributed by atoms with E-state index in [-0.39, 0.29) is 17.9 Å². The lowest BCUT2D eigenvalue weighted by Gasteiger charge is -2.11. The van der Waals surface area contributed by atoms with Gasteiger partial charge in [-0.25, -0.2) is 8.42 Å². The molecule has 1 atom stereocenters. The molecule has 1 rings (SSSR count). The molecule has 7 heteroatoms. The van der Waals surface area contributed by atoms with Crippen LogP contribution in [0.15, 0.2) is 24.3 Å². The molecular weight excluding hydrogens is 282 g/mol. The summed E-state index contributed by atoms with van der Waals surface area (Å²) in [4.78, 5) is 11.0. The number of esters is 1. The third-order valence-corrected chi connectivity index (χ3v) is 4.38. The van der Waals surface area contributed by atoms with E-state index in [0.29, 0.717) is 11.3 Å². The standard InChI is InChI=1S/C13H19NO5S/c1-18-12-5-3-10(4-6-12)8-20(16,17)9-11(14)7-13(15)19-2/h3-6,11H,7-9,14H2,1-2H3/t11-/m1/s1. The van der Waals surface area contributed by atoms with Crippen LogP contribution in [0.5, 0.6) is 5.75 Å². The second kappa shape index (κ2) is 7.25. The average Bonchev–Trinajstić information content (AvgIpc) is 2.38. The van der Waals surface area contributed by atoms with E-state index in [1.165, 1.54) is 14.2 Å². The first-order valence-corrected chi connectivity index (χ1v) is 7.84. The molecule has 1 aromatic rings. The maximum atomic E-state index is 12.0. The fourth-order valence-electron chi connectivity index (χ4n) is 1.72. The molecule has 112 valence electrons. The van der Waals surface area contributed by atoms with Crippen molar-refractivity contribution in [3.63, 3.8) is 0 Å². The normalized spacial score (nSPS) is 12.8. The number of carbonyl (C=O) groups is 1. The van der Waals surface area contributed by atoms with E-state index < -0.39 is 21.8 Å². The largest absolute Gasteiger partial charge is 0.497 e. The molecule has 0 aliphatic rings. The van der Waals surface area contributed by atoms with E-state index in [2.05, 4.69) is 4.74 Å². The Labute approximate surface area is 118 Å². The van der Waals surface area contributed by atoms with Gasteiger partial charge < -0.3 is 15.2 Å². The van der Waals surface area contributed by atoms with Crippen molar-refractivity contribution in [3.05, 3.63) is 29.8 Å². The summed E-state index contributed by atoms with van der Waals surface area (Å²) in [5, 5.41) is 0. The summed E-state index contributed by atoms with van der Waals surface area (Å²) in [6.07, 6.45) is -0.113. The van der Waals surface area contributed by atoms with Crippen molar-refractivity contribution in [2.75, 3.05) is 20.0 Å². The number of benzene rings is 1. The van der Waals surface area contributed by atoms with Gasteiger partial charge in [0.25, 0.3) is 0 Å². The number of rotatable bonds is 7. The molecule has 0 saturated heterocycles. The van der Waals surface area contributed by atoms with Crippen LogP contribution in [0.25, 0.3) is 0 Å². The Hall–Kier alpha value is -1.60. The summed E-state index contributed by atoms with van der Waals surface area (Å²) in [5.41, 5.74) is 6.28. The van der Waals surface area contributed by atoms with E-state index in [9.17, 15) is 13.2 Å². The van der Waals surface area contributed by atoms with Gasteiger partial charge in [0.1, 0.15) is 5.75 Å². The SMILES string of the molecule is COC(=O)C[C@@H](N)CS(=O)(=O)Cc1ccc(OC)cc1. The van der Waals surface area contributed by atoms with Crippen molar-refractivity contribution in [2.24, 2.45) is 5.73 Å². The Kier molecular flexibility index (Phi) is 5.97. The molecule has 0 radical (unpaired) electrons. The van der Waals surface area contributed by atoms with Crippen molar-refractivity contribution in [1.82, 2.24) is 0 Å². The van der Waals surface area contributed by atoms with Crippen LogP contribution in [0, 0.1) is 0 Å². The van der Waals surface area contributed by atoms with Gasteiger partial charge in [-0.1, -0.05) is 12.1 Å². The van der Waals surface area contributed by atoms with E-state index in [1.54, 1.807) is 24.3 Å². The number of sulfone groups is 1. The number of carbonyl (C=O) groups excluding carboxylic acids is 1. The smallest absolute Gasteiger partial charge is 0.307 e. The summed E-state index contributed by atoms with van der Waals surface area (Å²) < 4.78 is 33.4. The predicted molar refractivity (Wildman–Crippen MR) is 75.1 cm³/mol. The van der Waals surface area contributed by atoms with E-state index in [0.717, 1.165) is 0 Å². The van der Waals surface area contributed by atoms with Crippen LogP contribution in [-0.4, -0.2) is 40.4 Å². The number of hydrogen-bond donors (Lipinski definition) is 1. The molecule has 6 nitrogen and oxygen atoms in total. The maximum Gasteiger partial charge on any atom is 0.307 e. The van der Waals surface area contributed by atoms with Crippen LogP contribution < -0.4 is 10.5 Å². The number of hydrogen-bond acceptors (Lipinski definition) is 6. The average molecular weight is 301 g/mol. The molecule has 1 aromatic carbocycles. The second-order valence-electron chi connectivity index (χ2n) is 4.44. The molecule has 0 aliphatic heterocycles. The first kappa shape index (κ1) is 16.5. The van der Waals surface area contributed by atoms with Crippen LogP contribution in [0.1, 0.15) is 12.0 Å². The van der Waals surface area contributed by atoms with Crippen LogP contribution in [0.4, 0.5) is 0 Å². The lowest BCUT2D eigenvalue weighted by atomic mass is 10.2. The highest BCUT2D eigenvalue weighted by Gasteiger charge is 2.19. The lowest BCUT2D eigenvalue weighted by Crippen LogP contribution is -2.32. The highest BCUT2D eigenvalue weighted by molar-refractivity contribution is 7.90. The molecule has 2 N–H and O–H groups in total. The van der Waals surface area contributed by atoms with Gasteiger partial charge in [-0.05, 0) is 17.7 Å². The van der Waals surface area contributed by atoms with Gasteiger partial charge in [-0.2, -0.15) is 0 Å². The summed E-state index contributed by atoms with van der Waals surface area (Å²) >= 11 is 0. The fourth-order valence-corrected chi connectivity index (χ4v) is 3.31. The maximum absolute atomic E-state index is 12.0. The lowest BCUT2D eigenvalue weighted by molar-refractivity contribution is -0.140. The summed E-state index contributed by atoms with van der Waals surface area (Å²) in [6, 6.07) is 5.99. The van der Waals surface area contributed by atoms with E-state index in [1.807, 2.05) is 0 Å². The molecular formula is C13H19NO5S. The zero-order chi connectivity index (χ0) is 15.2. The Morgan fingerprint density at radius 3 is 2.35 bits per heavy atom. The first-order chi connectivity index (χ1) is 9.36. The monoisotopic (exact) mass is 301 g/mol. The Balaban J connectivity index is 2.62. The molecule has 0 heterocycles. The first-order valence-electron chi connectivity index (χ1n) is 6.02. The topological polar surface area (TPSA) is 95.7 Å². The predicted octanol–water partition coefficient (Wildman–Crippen LogP) is 0.500. The van der Waals surface area contributed by atoms with Gasteiger partial charge in [0, 0.05) is 6.04 Å². The molecule has 20 heavy (non-hydrogen) atoms. The van der Waals surface area contributed by atoms with Crippen molar-refractivity contribution in [2.45, 2.75) is 18.2 Å². The summed E-state index contributed by atoms with van der Waals surface area (Å²) in [7, 11) is -0.605. The zero-order valence-corrected chi connectivity index (χ0v) is 12.4. The van der Waals surface area contributed by atoms with Gasteiger partial charge in [-0.3, -0.25) is 4.79 Å². The molecule has 0 aliphatic carbocycles. The minimum atomic E-state index is -3.38. The highest BCUT2D eigenvalue weighted by Crippen LogP contribution is 2.14. The quantitative estimate of drug-likeness (QED) is 0.737. The second-order valence-corrected chi connectivity index (χ2v) is 6.55. The van der Waals surface area contributed by atoms with Crippen LogP contribution in [0.2, 0.25) is 0 Å². The number of ether oxygens (including phenoxy) is 2. The third kappa shape index (κ3) is 5.58. The number of methoxy groups -OCH3 is 2. The van der Waals surface area contributed by atoms with Crippen LogP contribution in [-0.2, 0) is 25.1 Å². The summed E-state index contributed by atoms with van der Waals surface area (Å²) in [5.74, 6) is -0.231. The summed E-state index contributed by atoms with van der Waals surface area (Å²) in [6.45, 7) is 0. The van der Waals surface area contributed by atoms with Crippen LogP contribution in [0.3, 0.4) is 0 Å². The molecule has 0 aromatic heterocycles. The van der Waals surface area contributed by atoms with E-state index in [4.69, 9.17) is 10.5 Å². The van der Waals surface area contributed by atoms with Gasteiger partial charge >= 0.3 is 5.97 Å². The molecule has 0 fully saturated rings. The van der Waals surface area contributed by atoms with Crippen molar-refractivity contribution >= 4 is 15.8 Å². The molecule has 0 saturated carbocycles. The van der Waals surface area contributed by atoms with Gasteiger partial charge in [-0.15, -0.1) is 0 Å². The van der Waals surface area contributed by atoms with Crippen molar-refractivity contribution < 1.29 is 22.7 Å². The Morgan fingerprint density at radius 2 is 1.85 bits per heavy atom. The third-order valence-electron chi connectivity index (χ3n) is 2.67. The molecule has 0 amide bonds. The van der Waals surface area contributed by atoms with Gasteiger partial charge in [0.2, 0.25) is 0 Å². The van der Waals surface area contributed by atoms with Crippen LogP contribution >= 0.6 is 0 Å². The zero-order valence-electron chi connectivity index (χ0n) is 11.5. The van der Waals surface area contributed by atoms with Crippen molar-refractivity contribution in [3.8, 4) is 5.75 Å². The molecule has 0 spiro atoms. The number of nitrogens with two attached hydrogens (primary N) is 1. The fraction of sp³-hybridized carbons (Fsp3) is 0.462. The Morgan fingerprint density at radius 1 is 1.25 bits per heavy atom. The highest BCUT2D eigenvalue weighted by atomic mass is 32.2. The minimum Gasteiger partial charge on any atom is -0.497 e. The Bertz CT molecular complexity index is 538. The van der Waals surface area contributed by atoms with Crippen molar-refractivity contribution in [1.29, 1.82) is 0 Å².